The van der Waals surface area contributed by atoms with Gasteiger partial charge in [0.15, 0.2) is 17.4 Å². The molecule has 0 saturated heterocycles. The van der Waals surface area contributed by atoms with E-state index in [9.17, 15) is 4.39 Å². The monoisotopic (exact) mass is 291 g/mol. The minimum absolute atomic E-state index is 0.0513. The van der Waals surface area contributed by atoms with E-state index in [-0.39, 0.29) is 23.8 Å². The molecule has 0 aliphatic carbocycles. The highest BCUT2D eigenvalue weighted by molar-refractivity contribution is 5.97. The fraction of sp³-hybridized carbons (Fsp3) is 0.143. The number of nitrogens with zero attached hydrogens (tertiary/aromatic N) is 2. The molecule has 0 amide bonds. The van der Waals surface area contributed by atoms with Gasteiger partial charge in [0.2, 0.25) is 5.88 Å². The summed E-state index contributed by atoms with van der Waals surface area (Å²) in [7, 11) is 1.50. The highest BCUT2D eigenvalue weighted by atomic mass is 19.1. The molecule has 0 spiro atoms. The number of hydrogen-bond donors (Lipinski definition) is 2. The van der Waals surface area contributed by atoms with Crippen LogP contribution in [0.15, 0.2) is 41.7 Å². The van der Waals surface area contributed by atoms with Gasteiger partial charge in [0.25, 0.3) is 0 Å². The number of amidine groups is 1. The van der Waals surface area contributed by atoms with Gasteiger partial charge in [-0.25, -0.2) is 9.37 Å². The Labute approximate surface area is 120 Å². The molecule has 0 fully saturated rings. The van der Waals surface area contributed by atoms with Crippen LogP contribution in [0.25, 0.3) is 0 Å². The summed E-state index contributed by atoms with van der Waals surface area (Å²) >= 11 is 0. The Morgan fingerprint density at radius 3 is 2.90 bits per heavy atom. The van der Waals surface area contributed by atoms with Gasteiger partial charge in [0.1, 0.15) is 6.61 Å². The number of nitrogens with two attached hydrogens (primary N) is 1. The summed E-state index contributed by atoms with van der Waals surface area (Å²) in [6, 6.07) is 7.54. The first-order valence-electron chi connectivity index (χ1n) is 6.04. The summed E-state index contributed by atoms with van der Waals surface area (Å²) < 4.78 is 24.3. The number of methoxy groups -OCH3 is 1. The van der Waals surface area contributed by atoms with Crippen LogP contribution in [-0.2, 0) is 6.61 Å². The smallest absolute Gasteiger partial charge is 0.219 e. The molecule has 1 heterocycles. The first-order valence-corrected chi connectivity index (χ1v) is 6.04. The molecule has 2 rings (SSSR count). The largest absolute Gasteiger partial charge is 0.486 e. The SMILES string of the molecule is COc1ncccc1COc1ccc(/C(N)=N/O)cc1F. The number of pyridine rings is 1. The third-order valence-electron chi connectivity index (χ3n) is 2.76. The van der Waals surface area contributed by atoms with Crippen LogP contribution < -0.4 is 15.2 Å². The number of ether oxygens (including phenoxy) is 2. The predicted octanol–water partition coefficient (Wildman–Crippen LogP) is 1.90. The van der Waals surface area contributed by atoms with Crippen LogP contribution in [0.5, 0.6) is 11.6 Å². The summed E-state index contributed by atoms with van der Waals surface area (Å²) in [5.74, 6) is -0.307. The molecule has 0 radical (unpaired) electrons. The predicted molar refractivity (Wildman–Crippen MR) is 74.0 cm³/mol. The fourth-order valence-corrected chi connectivity index (χ4v) is 1.71. The number of benzene rings is 1. The molecule has 0 unspecified atom stereocenters. The number of halogens is 1. The highest BCUT2D eigenvalue weighted by Crippen LogP contribution is 2.21. The Balaban J connectivity index is 2.14. The average Bonchev–Trinajstić information content (AvgIpc) is 2.53. The summed E-state index contributed by atoms with van der Waals surface area (Å²) in [6.45, 7) is 0.108. The molecule has 2 aromatic rings. The van der Waals surface area contributed by atoms with Gasteiger partial charge in [-0.2, -0.15) is 0 Å². The number of rotatable bonds is 5. The lowest BCUT2D eigenvalue weighted by atomic mass is 10.2. The molecule has 0 bridgehead atoms. The standard InChI is InChI=1S/C14H14FN3O3/c1-20-14-10(3-2-6-17-14)8-21-12-5-4-9(7-11(12)15)13(16)18-19/h2-7,19H,8H2,1H3,(H2,16,18). The van der Waals surface area contributed by atoms with Crippen molar-refractivity contribution >= 4 is 5.84 Å². The van der Waals surface area contributed by atoms with Crippen LogP contribution in [0.1, 0.15) is 11.1 Å². The molecule has 1 aromatic carbocycles. The van der Waals surface area contributed by atoms with Crippen molar-refractivity contribution in [3.05, 3.63) is 53.5 Å². The van der Waals surface area contributed by atoms with E-state index in [1.54, 1.807) is 18.3 Å². The minimum Gasteiger partial charge on any atom is -0.486 e. The van der Waals surface area contributed by atoms with Crippen molar-refractivity contribution in [2.45, 2.75) is 6.61 Å². The van der Waals surface area contributed by atoms with Gasteiger partial charge in [0.05, 0.1) is 12.7 Å². The van der Waals surface area contributed by atoms with Crippen LogP contribution in [0.2, 0.25) is 0 Å². The van der Waals surface area contributed by atoms with E-state index >= 15 is 0 Å². The average molecular weight is 291 g/mol. The summed E-state index contributed by atoms with van der Waals surface area (Å²) in [6.07, 6.45) is 1.59. The van der Waals surface area contributed by atoms with E-state index in [4.69, 9.17) is 20.4 Å². The van der Waals surface area contributed by atoms with Crippen molar-refractivity contribution in [2.24, 2.45) is 10.9 Å². The van der Waals surface area contributed by atoms with Crippen molar-refractivity contribution in [2.75, 3.05) is 7.11 Å². The van der Waals surface area contributed by atoms with Gasteiger partial charge in [-0.1, -0.05) is 5.16 Å². The van der Waals surface area contributed by atoms with Crippen molar-refractivity contribution in [3.63, 3.8) is 0 Å². The van der Waals surface area contributed by atoms with Crippen LogP contribution in [0.3, 0.4) is 0 Å². The van der Waals surface area contributed by atoms with Crippen LogP contribution in [0, 0.1) is 5.82 Å². The molecular formula is C14H14FN3O3. The van der Waals surface area contributed by atoms with Gasteiger partial charge >= 0.3 is 0 Å². The van der Waals surface area contributed by atoms with Crippen LogP contribution >= 0.6 is 0 Å². The van der Waals surface area contributed by atoms with E-state index < -0.39 is 5.82 Å². The molecule has 3 N–H and O–H groups in total. The summed E-state index contributed by atoms with van der Waals surface area (Å²) in [5, 5.41) is 11.4. The Bertz CT molecular complexity index is 662. The molecule has 0 atom stereocenters. The molecule has 0 aliphatic rings. The van der Waals surface area contributed by atoms with E-state index in [1.165, 1.54) is 19.2 Å². The lowest BCUT2D eigenvalue weighted by molar-refractivity contribution is 0.280. The minimum atomic E-state index is -0.609. The highest BCUT2D eigenvalue weighted by Gasteiger charge is 2.09. The molecule has 7 heteroatoms. The quantitative estimate of drug-likeness (QED) is 0.380. The molecule has 21 heavy (non-hydrogen) atoms. The van der Waals surface area contributed by atoms with Gasteiger partial charge in [-0.15, -0.1) is 0 Å². The molecule has 1 aromatic heterocycles. The van der Waals surface area contributed by atoms with E-state index in [2.05, 4.69) is 10.1 Å². The zero-order chi connectivity index (χ0) is 15.2. The molecule has 110 valence electrons. The van der Waals surface area contributed by atoms with Gasteiger partial charge in [-0.05, 0) is 30.3 Å². The first kappa shape index (κ1) is 14.6. The molecule has 0 aliphatic heterocycles. The van der Waals surface area contributed by atoms with Crippen molar-refractivity contribution in [1.82, 2.24) is 4.98 Å². The van der Waals surface area contributed by atoms with Gasteiger partial charge < -0.3 is 20.4 Å². The van der Waals surface area contributed by atoms with Crippen molar-refractivity contribution in [3.8, 4) is 11.6 Å². The maximum Gasteiger partial charge on any atom is 0.219 e. The zero-order valence-electron chi connectivity index (χ0n) is 11.3. The van der Waals surface area contributed by atoms with E-state index in [0.29, 0.717) is 11.4 Å². The van der Waals surface area contributed by atoms with E-state index in [0.717, 1.165) is 6.07 Å². The summed E-state index contributed by atoms with van der Waals surface area (Å²) in [5.41, 5.74) is 6.34. The maximum absolute atomic E-state index is 13.9. The number of aromatic nitrogens is 1. The van der Waals surface area contributed by atoms with Crippen LogP contribution in [-0.4, -0.2) is 23.1 Å². The summed E-state index contributed by atoms with van der Waals surface area (Å²) in [4.78, 5) is 4.02. The first-order chi connectivity index (χ1) is 10.2. The second kappa shape index (κ2) is 6.56. The number of oxime groups is 1. The van der Waals surface area contributed by atoms with Gasteiger partial charge in [0, 0.05) is 11.8 Å². The lowest BCUT2D eigenvalue weighted by Gasteiger charge is -2.10. The number of hydrogen-bond acceptors (Lipinski definition) is 5. The fourth-order valence-electron chi connectivity index (χ4n) is 1.71. The maximum atomic E-state index is 13.9. The second-order valence-electron chi connectivity index (χ2n) is 4.09. The van der Waals surface area contributed by atoms with Crippen LogP contribution in [0.4, 0.5) is 4.39 Å². The Hall–Kier alpha value is -2.83. The Morgan fingerprint density at radius 1 is 1.43 bits per heavy atom. The lowest BCUT2D eigenvalue weighted by Crippen LogP contribution is -2.13. The molecule has 6 nitrogen and oxygen atoms in total. The molecular weight excluding hydrogens is 277 g/mol. The van der Waals surface area contributed by atoms with Crippen molar-refractivity contribution < 1.29 is 19.1 Å². The second-order valence-corrected chi connectivity index (χ2v) is 4.09. The normalized spacial score (nSPS) is 11.2. The topological polar surface area (TPSA) is 90.0 Å². The third kappa shape index (κ3) is 3.38. The molecule has 0 saturated carbocycles. The van der Waals surface area contributed by atoms with E-state index in [1.807, 2.05) is 0 Å². The zero-order valence-corrected chi connectivity index (χ0v) is 11.3. The van der Waals surface area contributed by atoms with Gasteiger partial charge in [-0.3, -0.25) is 0 Å². The van der Waals surface area contributed by atoms with Crippen molar-refractivity contribution in [1.29, 1.82) is 0 Å². The third-order valence-corrected chi connectivity index (χ3v) is 2.76. The Kier molecular flexibility index (Phi) is 4.55. The Morgan fingerprint density at radius 2 is 2.24 bits per heavy atom.